The van der Waals surface area contributed by atoms with E-state index in [1.807, 2.05) is 0 Å². The van der Waals surface area contributed by atoms with Gasteiger partial charge in [-0.05, 0) is 17.4 Å². The summed E-state index contributed by atoms with van der Waals surface area (Å²) < 4.78 is 4.74. The zero-order valence-corrected chi connectivity index (χ0v) is 9.22. The Balaban J connectivity index is 4.59. The maximum atomic E-state index is 5.40. The highest BCUT2D eigenvalue weighted by atomic mass is 16.5. The van der Waals surface area contributed by atoms with Gasteiger partial charge >= 0.3 is 0 Å². The second-order valence-corrected chi connectivity index (χ2v) is 3.93. The number of nitrogens with zero attached hydrogens (tertiary/aromatic N) is 1. The number of hydrogen-bond acceptors (Lipinski definition) is 2. The van der Waals surface area contributed by atoms with E-state index in [0.717, 1.165) is 6.42 Å². The molecule has 0 amide bonds. The van der Waals surface area contributed by atoms with Crippen molar-refractivity contribution in [2.45, 2.75) is 34.1 Å². The van der Waals surface area contributed by atoms with Crippen molar-refractivity contribution in [2.24, 2.45) is 16.1 Å². The minimum absolute atomic E-state index is 0.145. The Kier molecular flexibility index (Phi) is 4.52. The van der Waals surface area contributed by atoms with Gasteiger partial charge in [-0.1, -0.05) is 27.7 Å². The molecule has 0 unspecified atom stereocenters. The largest absolute Gasteiger partial charge is 0.469 e. The van der Waals surface area contributed by atoms with Crippen LogP contribution in [0.3, 0.4) is 0 Å². The first-order valence-electron chi connectivity index (χ1n) is 4.48. The Hall–Kier alpha value is -0.990. The third-order valence-electron chi connectivity index (χ3n) is 1.90. The normalized spacial score (nSPS) is 14.5. The van der Waals surface area contributed by atoms with Gasteiger partial charge < -0.3 is 10.5 Å². The summed E-state index contributed by atoms with van der Waals surface area (Å²) in [7, 11) is 1.51. The third-order valence-corrected chi connectivity index (χ3v) is 1.90. The van der Waals surface area contributed by atoms with Crippen molar-refractivity contribution in [1.29, 1.82) is 0 Å². The molecule has 0 spiro atoms. The molecule has 2 N–H and O–H groups in total. The van der Waals surface area contributed by atoms with Gasteiger partial charge in [-0.25, -0.2) is 4.99 Å². The lowest BCUT2D eigenvalue weighted by Gasteiger charge is -2.20. The van der Waals surface area contributed by atoms with Crippen LogP contribution in [0.1, 0.15) is 34.1 Å². The van der Waals surface area contributed by atoms with Gasteiger partial charge in [0, 0.05) is 6.20 Å². The Morgan fingerprint density at radius 1 is 1.46 bits per heavy atom. The van der Waals surface area contributed by atoms with Gasteiger partial charge in [-0.3, -0.25) is 0 Å². The Morgan fingerprint density at radius 2 is 2.00 bits per heavy atom. The first-order chi connectivity index (χ1) is 5.91. The topological polar surface area (TPSA) is 47.6 Å². The first-order valence-corrected chi connectivity index (χ1v) is 4.48. The molecular weight excluding hydrogens is 164 g/mol. The molecular formula is C10H20N2O. The predicted molar refractivity (Wildman–Crippen MR) is 56.5 cm³/mol. The average Bonchev–Trinajstić information content (AvgIpc) is 2.02. The van der Waals surface area contributed by atoms with Crippen LogP contribution in [0.15, 0.2) is 16.8 Å². The highest BCUT2D eigenvalue weighted by molar-refractivity contribution is 5.71. The van der Waals surface area contributed by atoms with Crippen molar-refractivity contribution in [2.75, 3.05) is 7.11 Å². The Morgan fingerprint density at radius 3 is 2.31 bits per heavy atom. The lowest BCUT2D eigenvalue weighted by Crippen LogP contribution is -2.13. The zero-order chi connectivity index (χ0) is 10.5. The number of ether oxygens (including phenoxy) is 1. The third kappa shape index (κ3) is 4.55. The zero-order valence-electron chi connectivity index (χ0n) is 9.22. The molecule has 3 nitrogen and oxygen atoms in total. The first kappa shape index (κ1) is 12.0. The van der Waals surface area contributed by atoms with Gasteiger partial charge in [0.05, 0.1) is 7.11 Å². The minimum Gasteiger partial charge on any atom is -0.469 e. The maximum Gasteiger partial charge on any atom is 0.286 e. The van der Waals surface area contributed by atoms with Gasteiger partial charge in [0.1, 0.15) is 0 Å². The predicted octanol–water partition coefficient (Wildman–Crippen LogP) is 2.29. The fourth-order valence-electron chi connectivity index (χ4n) is 1.01. The quantitative estimate of drug-likeness (QED) is 0.528. The lowest BCUT2D eigenvalue weighted by molar-refractivity contribution is 0.396. The van der Waals surface area contributed by atoms with Crippen molar-refractivity contribution in [1.82, 2.24) is 0 Å². The van der Waals surface area contributed by atoms with Crippen molar-refractivity contribution >= 4 is 6.02 Å². The Bertz CT molecular complexity index is 211. The highest BCUT2D eigenvalue weighted by Gasteiger charge is 2.14. The molecule has 0 atom stereocenters. The van der Waals surface area contributed by atoms with Crippen LogP contribution < -0.4 is 5.73 Å². The van der Waals surface area contributed by atoms with Crippen molar-refractivity contribution in [3.05, 3.63) is 11.8 Å². The summed E-state index contributed by atoms with van der Waals surface area (Å²) in [5.41, 5.74) is 6.80. The molecule has 0 aromatic rings. The average molecular weight is 184 g/mol. The molecule has 0 saturated heterocycles. The van der Waals surface area contributed by atoms with Crippen LogP contribution in [0.5, 0.6) is 0 Å². The van der Waals surface area contributed by atoms with E-state index in [0.29, 0.717) is 0 Å². The molecule has 76 valence electrons. The lowest BCUT2D eigenvalue weighted by atomic mass is 9.85. The molecule has 0 bridgehead atoms. The van der Waals surface area contributed by atoms with Gasteiger partial charge in [0.15, 0.2) is 0 Å². The molecule has 0 aliphatic carbocycles. The van der Waals surface area contributed by atoms with Crippen molar-refractivity contribution < 1.29 is 4.74 Å². The van der Waals surface area contributed by atoms with E-state index in [4.69, 9.17) is 10.5 Å². The van der Waals surface area contributed by atoms with E-state index < -0.39 is 0 Å². The van der Waals surface area contributed by atoms with Gasteiger partial charge in [-0.2, -0.15) is 0 Å². The van der Waals surface area contributed by atoms with Crippen LogP contribution in [-0.4, -0.2) is 13.1 Å². The fraction of sp³-hybridized carbons (Fsp3) is 0.700. The number of amidine groups is 1. The standard InChI is InChI=1S/C10H20N2O/c1-6-8(10(2,3)4)7-12-9(11)13-5/h7H,6H2,1-5H3,(H2,11,12)/b8-7+. The fourth-order valence-corrected chi connectivity index (χ4v) is 1.01. The number of rotatable bonds is 2. The molecule has 0 aromatic carbocycles. The summed E-state index contributed by atoms with van der Waals surface area (Å²) >= 11 is 0. The minimum atomic E-state index is 0.145. The van der Waals surface area contributed by atoms with Crippen LogP contribution in [0.2, 0.25) is 0 Å². The molecule has 0 aromatic heterocycles. The van der Waals surface area contributed by atoms with E-state index in [-0.39, 0.29) is 11.4 Å². The van der Waals surface area contributed by atoms with E-state index in [9.17, 15) is 0 Å². The summed E-state index contributed by atoms with van der Waals surface area (Å²) in [5.74, 6) is 0. The van der Waals surface area contributed by atoms with Gasteiger partial charge in [0.2, 0.25) is 0 Å². The summed E-state index contributed by atoms with van der Waals surface area (Å²) in [5, 5.41) is 0. The summed E-state index contributed by atoms with van der Waals surface area (Å²) in [6.45, 7) is 8.57. The van der Waals surface area contributed by atoms with Crippen LogP contribution in [-0.2, 0) is 4.74 Å². The Labute approximate surface area is 80.7 Å². The molecule has 0 heterocycles. The van der Waals surface area contributed by atoms with Crippen molar-refractivity contribution in [3.8, 4) is 0 Å². The number of allylic oxidation sites excluding steroid dienone is 1. The van der Waals surface area contributed by atoms with Crippen LogP contribution in [0, 0.1) is 5.41 Å². The second kappa shape index (κ2) is 4.90. The summed E-state index contributed by atoms with van der Waals surface area (Å²) in [4.78, 5) is 3.99. The molecule has 0 rings (SSSR count). The maximum absolute atomic E-state index is 5.40. The van der Waals surface area contributed by atoms with Gasteiger partial charge in [-0.15, -0.1) is 0 Å². The van der Waals surface area contributed by atoms with Crippen molar-refractivity contribution in [3.63, 3.8) is 0 Å². The van der Waals surface area contributed by atoms with E-state index >= 15 is 0 Å². The summed E-state index contributed by atoms with van der Waals surface area (Å²) in [6, 6.07) is 0.204. The molecule has 0 aliphatic rings. The van der Waals surface area contributed by atoms with Crippen LogP contribution in [0.25, 0.3) is 0 Å². The number of methoxy groups -OCH3 is 1. The van der Waals surface area contributed by atoms with Crippen LogP contribution in [0.4, 0.5) is 0 Å². The smallest absolute Gasteiger partial charge is 0.286 e. The van der Waals surface area contributed by atoms with E-state index in [1.165, 1.54) is 12.7 Å². The van der Waals surface area contributed by atoms with Crippen LogP contribution >= 0.6 is 0 Å². The number of nitrogens with two attached hydrogens (primary N) is 1. The number of aliphatic imine (C=N–C) groups is 1. The second-order valence-electron chi connectivity index (χ2n) is 3.93. The van der Waals surface area contributed by atoms with E-state index in [1.54, 1.807) is 6.20 Å². The molecule has 13 heavy (non-hydrogen) atoms. The van der Waals surface area contributed by atoms with E-state index in [2.05, 4.69) is 32.7 Å². The van der Waals surface area contributed by atoms with Gasteiger partial charge in [0.25, 0.3) is 6.02 Å². The highest BCUT2D eigenvalue weighted by Crippen LogP contribution is 2.27. The SMILES string of the molecule is CC/C(=C\N=C(N)OC)C(C)(C)C. The number of hydrogen-bond donors (Lipinski definition) is 1. The molecule has 0 radical (unpaired) electrons. The monoisotopic (exact) mass is 184 g/mol. The molecule has 3 heteroatoms. The molecule has 0 saturated carbocycles. The molecule has 0 aliphatic heterocycles. The molecule has 0 fully saturated rings. The summed E-state index contributed by atoms with van der Waals surface area (Å²) in [6.07, 6.45) is 2.77.